The molecule has 1 saturated heterocycles. The number of likely N-dealkylation sites (N-methyl/N-ethyl adjacent to an activating group) is 1. The van der Waals surface area contributed by atoms with Gasteiger partial charge in [-0.15, -0.1) is 0 Å². The van der Waals surface area contributed by atoms with Gasteiger partial charge in [-0.1, -0.05) is 28.4 Å². The third-order valence-electron chi connectivity index (χ3n) is 3.70. The quantitative estimate of drug-likeness (QED) is 0.866. The molecule has 1 amide bonds. The van der Waals surface area contributed by atoms with E-state index in [1.165, 1.54) is 19.3 Å². The van der Waals surface area contributed by atoms with Gasteiger partial charge in [0.2, 0.25) is 5.91 Å². The van der Waals surface area contributed by atoms with E-state index in [1.54, 1.807) is 0 Å². The Kier molecular flexibility index (Phi) is 6.01. The van der Waals surface area contributed by atoms with Gasteiger partial charge in [0.05, 0.1) is 6.54 Å². The molecule has 1 unspecified atom stereocenters. The lowest BCUT2D eigenvalue weighted by Gasteiger charge is -2.32. The molecule has 110 valence electrons. The molecule has 1 atom stereocenters. The van der Waals surface area contributed by atoms with Crippen LogP contribution in [0, 0.1) is 0 Å². The maximum atomic E-state index is 11.8. The first-order chi connectivity index (χ1) is 9.65. The molecule has 1 aliphatic rings. The minimum absolute atomic E-state index is 0.00145. The number of carbonyl (C=O) groups excluding carboxylic acids is 1. The first-order valence-corrected chi connectivity index (χ1v) is 7.91. The number of nitrogens with one attached hydrogen (secondary N) is 2. The Labute approximate surface area is 129 Å². The van der Waals surface area contributed by atoms with Crippen LogP contribution in [0.3, 0.4) is 0 Å². The standard InChI is InChI=1S/C15H22BrN3O/c1-19-8-3-2-7-14(19)10-17-11-15(20)18-13-6-4-5-12(16)9-13/h4-6,9,14,17H,2-3,7-8,10-11H2,1H3,(H,18,20). The molecule has 5 heteroatoms. The van der Waals surface area contributed by atoms with Crippen LogP contribution in [-0.2, 0) is 4.79 Å². The summed E-state index contributed by atoms with van der Waals surface area (Å²) in [5.74, 6) is 0.00145. The highest BCUT2D eigenvalue weighted by atomic mass is 79.9. The van der Waals surface area contributed by atoms with Crippen molar-refractivity contribution in [3.05, 3.63) is 28.7 Å². The molecule has 1 aliphatic heterocycles. The molecule has 20 heavy (non-hydrogen) atoms. The lowest BCUT2D eigenvalue weighted by atomic mass is 10.0. The highest BCUT2D eigenvalue weighted by molar-refractivity contribution is 9.10. The van der Waals surface area contributed by atoms with Crippen LogP contribution in [0.4, 0.5) is 5.69 Å². The molecule has 1 aromatic carbocycles. The lowest BCUT2D eigenvalue weighted by molar-refractivity contribution is -0.115. The van der Waals surface area contributed by atoms with Gasteiger partial charge in [-0.25, -0.2) is 0 Å². The van der Waals surface area contributed by atoms with Gasteiger partial charge in [0, 0.05) is 22.7 Å². The van der Waals surface area contributed by atoms with Crippen LogP contribution in [0.25, 0.3) is 0 Å². The number of hydrogen-bond donors (Lipinski definition) is 2. The van der Waals surface area contributed by atoms with Crippen LogP contribution in [0.2, 0.25) is 0 Å². The van der Waals surface area contributed by atoms with E-state index in [9.17, 15) is 4.79 Å². The Morgan fingerprint density at radius 2 is 2.30 bits per heavy atom. The molecule has 0 aliphatic carbocycles. The second kappa shape index (κ2) is 7.76. The van der Waals surface area contributed by atoms with E-state index in [-0.39, 0.29) is 5.91 Å². The molecule has 4 nitrogen and oxygen atoms in total. The normalized spacial score (nSPS) is 19.8. The van der Waals surface area contributed by atoms with Crippen LogP contribution < -0.4 is 10.6 Å². The fourth-order valence-electron chi connectivity index (χ4n) is 2.53. The van der Waals surface area contributed by atoms with Crippen LogP contribution in [0.1, 0.15) is 19.3 Å². The number of amides is 1. The Hall–Kier alpha value is -0.910. The molecule has 0 radical (unpaired) electrons. The summed E-state index contributed by atoms with van der Waals surface area (Å²) in [5.41, 5.74) is 0.820. The molecule has 0 spiro atoms. The van der Waals surface area contributed by atoms with Crippen molar-refractivity contribution < 1.29 is 4.79 Å². The first-order valence-electron chi connectivity index (χ1n) is 7.11. The van der Waals surface area contributed by atoms with Crippen LogP contribution in [-0.4, -0.2) is 43.5 Å². The fourth-order valence-corrected chi connectivity index (χ4v) is 2.92. The highest BCUT2D eigenvalue weighted by Gasteiger charge is 2.18. The van der Waals surface area contributed by atoms with Crippen molar-refractivity contribution in [1.82, 2.24) is 10.2 Å². The minimum Gasteiger partial charge on any atom is -0.325 e. The van der Waals surface area contributed by atoms with Gasteiger partial charge in [0.15, 0.2) is 0 Å². The zero-order valence-electron chi connectivity index (χ0n) is 11.9. The third-order valence-corrected chi connectivity index (χ3v) is 4.19. The molecule has 0 saturated carbocycles. The highest BCUT2D eigenvalue weighted by Crippen LogP contribution is 2.15. The van der Waals surface area contributed by atoms with E-state index in [1.807, 2.05) is 24.3 Å². The summed E-state index contributed by atoms with van der Waals surface area (Å²) >= 11 is 3.39. The van der Waals surface area contributed by atoms with Gasteiger partial charge in [-0.05, 0) is 44.6 Å². The van der Waals surface area contributed by atoms with Crippen molar-refractivity contribution >= 4 is 27.5 Å². The van der Waals surface area contributed by atoms with E-state index < -0.39 is 0 Å². The fraction of sp³-hybridized carbons (Fsp3) is 0.533. The second-order valence-corrected chi connectivity index (χ2v) is 6.24. The van der Waals surface area contributed by atoms with Crippen molar-refractivity contribution in [2.45, 2.75) is 25.3 Å². The van der Waals surface area contributed by atoms with Gasteiger partial charge in [0.1, 0.15) is 0 Å². The Morgan fingerprint density at radius 3 is 3.05 bits per heavy atom. The van der Waals surface area contributed by atoms with Gasteiger partial charge < -0.3 is 15.5 Å². The van der Waals surface area contributed by atoms with Crippen molar-refractivity contribution in [2.24, 2.45) is 0 Å². The number of carbonyl (C=O) groups is 1. The summed E-state index contributed by atoms with van der Waals surface area (Å²) in [6, 6.07) is 8.18. The Morgan fingerprint density at radius 1 is 1.45 bits per heavy atom. The number of likely N-dealkylation sites (tertiary alicyclic amines) is 1. The maximum Gasteiger partial charge on any atom is 0.238 e. The van der Waals surface area contributed by atoms with E-state index in [2.05, 4.69) is 38.5 Å². The average molecular weight is 340 g/mol. The molecule has 1 heterocycles. The number of anilines is 1. The van der Waals surface area contributed by atoms with Crippen molar-refractivity contribution in [1.29, 1.82) is 0 Å². The maximum absolute atomic E-state index is 11.8. The van der Waals surface area contributed by atoms with Gasteiger partial charge in [0.25, 0.3) is 0 Å². The molecule has 2 rings (SSSR count). The van der Waals surface area contributed by atoms with E-state index in [0.29, 0.717) is 12.6 Å². The summed E-state index contributed by atoms with van der Waals surface area (Å²) in [5, 5.41) is 6.14. The summed E-state index contributed by atoms with van der Waals surface area (Å²) in [6.07, 6.45) is 3.80. The van der Waals surface area contributed by atoms with Crippen molar-refractivity contribution in [3.63, 3.8) is 0 Å². The summed E-state index contributed by atoms with van der Waals surface area (Å²) < 4.78 is 0.965. The molecule has 2 N–H and O–H groups in total. The minimum atomic E-state index is 0.00145. The number of hydrogen-bond acceptors (Lipinski definition) is 3. The predicted molar refractivity (Wildman–Crippen MR) is 85.9 cm³/mol. The summed E-state index contributed by atoms with van der Waals surface area (Å²) in [6.45, 7) is 2.40. The van der Waals surface area contributed by atoms with Gasteiger partial charge in [-0.3, -0.25) is 4.79 Å². The van der Waals surface area contributed by atoms with Gasteiger partial charge >= 0.3 is 0 Å². The van der Waals surface area contributed by atoms with Crippen molar-refractivity contribution in [3.8, 4) is 0 Å². The van der Waals surface area contributed by atoms with Crippen molar-refractivity contribution in [2.75, 3.05) is 32.0 Å². The molecule has 1 fully saturated rings. The van der Waals surface area contributed by atoms with E-state index in [4.69, 9.17) is 0 Å². The topological polar surface area (TPSA) is 44.4 Å². The lowest BCUT2D eigenvalue weighted by Crippen LogP contribution is -2.44. The second-order valence-electron chi connectivity index (χ2n) is 5.32. The average Bonchev–Trinajstić information content (AvgIpc) is 2.41. The number of halogens is 1. The first kappa shape index (κ1) is 15.5. The van der Waals surface area contributed by atoms with Crippen LogP contribution in [0.15, 0.2) is 28.7 Å². The monoisotopic (exact) mass is 339 g/mol. The molecular weight excluding hydrogens is 318 g/mol. The zero-order valence-corrected chi connectivity index (χ0v) is 13.4. The van der Waals surface area contributed by atoms with E-state index in [0.717, 1.165) is 23.2 Å². The van der Waals surface area contributed by atoms with Gasteiger partial charge in [-0.2, -0.15) is 0 Å². The Balaban J connectivity index is 1.70. The molecule has 1 aromatic rings. The summed E-state index contributed by atoms with van der Waals surface area (Å²) in [7, 11) is 2.16. The Bertz CT molecular complexity index is 452. The SMILES string of the molecule is CN1CCCCC1CNCC(=O)Nc1cccc(Br)c1. The third kappa shape index (κ3) is 4.89. The number of rotatable bonds is 5. The molecule has 0 bridgehead atoms. The molecule has 0 aromatic heterocycles. The molecular formula is C15H22BrN3O. The predicted octanol–water partition coefficient (Wildman–Crippen LogP) is 2.46. The van der Waals surface area contributed by atoms with Crippen LogP contribution >= 0.6 is 15.9 Å². The number of nitrogens with zero attached hydrogens (tertiary/aromatic N) is 1. The largest absolute Gasteiger partial charge is 0.325 e. The van der Waals surface area contributed by atoms with E-state index >= 15 is 0 Å². The zero-order chi connectivity index (χ0) is 14.4. The number of piperidine rings is 1. The van der Waals surface area contributed by atoms with Crippen LogP contribution in [0.5, 0.6) is 0 Å². The number of benzene rings is 1. The smallest absolute Gasteiger partial charge is 0.238 e. The summed E-state index contributed by atoms with van der Waals surface area (Å²) in [4.78, 5) is 14.2.